The molecule has 0 saturated heterocycles. The molecule has 0 aliphatic carbocycles. The van der Waals surface area contributed by atoms with Crippen molar-refractivity contribution in [3.63, 3.8) is 0 Å². The second-order valence-corrected chi connectivity index (χ2v) is 12.2. The van der Waals surface area contributed by atoms with E-state index in [1.54, 1.807) is 17.7 Å². The minimum atomic E-state index is -2.97. The van der Waals surface area contributed by atoms with Crippen molar-refractivity contribution in [3.8, 4) is 16.3 Å². The summed E-state index contributed by atoms with van der Waals surface area (Å²) in [4.78, 5) is 14.5. The van der Waals surface area contributed by atoms with Gasteiger partial charge in [-0.05, 0) is 42.0 Å². The lowest BCUT2D eigenvalue weighted by atomic mass is 10.1. The van der Waals surface area contributed by atoms with Crippen LogP contribution in [-0.4, -0.2) is 41.9 Å². The Kier molecular flexibility index (Phi) is 7.92. The van der Waals surface area contributed by atoms with Crippen LogP contribution in [0.3, 0.4) is 0 Å². The summed E-state index contributed by atoms with van der Waals surface area (Å²) >= 11 is 1.57. The maximum absolute atomic E-state index is 11.3. The van der Waals surface area contributed by atoms with Gasteiger partial charge in [-0.2, -0.15) is 0 Å². The first-order valence-corrected chi connectivity index (χ1v) is 14.9. The number of hydrogen-bond donors (Lipinski definition) is 2. The Morgan fingerprint density at radius 3 is 2.55 bits per heavy atom. The first-order valence-electron chi connectivity index (χ1n) is 12.0. The van der Waals surface area contributed by atoms with Crippen LogP contribution in [0.1, 0.15) is 10.4 Å². The first kappa shape index (κ1) is 25.8. The maximum atomic E-state index is 11.3. The zero-order valence-corrected chi connectivity index (χ0v) is 22.4. The standard InChI is InChI=1S/C28H27N5O3S2/c1-38(34,35)14-13-29-16-24-17-30-28(37-24)21-7-12-25-26(15-21)31-19-32-27(25)33-22-8-10-23(11-9-22)36-18-20-5-3-2-4-6-20/h2-12,15,17,19,29H,13-14,16,18H2,1H3,(H,31,32,33). The fourth-order valence-corrected chi connectivity index (χ4v) is 5.19. The lowest BCUT2D eigenvalue weighted by Crippen LogP contribution is -2.21. The van der Waals surface area contributed by atoms with Crippen LogP contribution in [-0.2, 0) is 23.0 Å². The van der Waals surface area contributed by atoms with Crippen molar-refractivity contribution < 1.29 is 13.2 Å². The van der Waals surface area contributed by atoms with Crippen LogP contribution in [0, 0.1) is 0 Å². The van der Waals surface area contributed by atoms with E-state index >= 15 is 0 Å². The molecule has 0 amide bonds. The molecular formula is C28H27N5O3S2. The van der Waals surface area contributed by atoms with E-state index in [0.29, 0.717) is 19.7 Å². The van der Waals surface area contributed by atoms with Crippen LogP contribution in [0.2, 0.25) is 0 Å². The van der Waals surface area contributed by atoms with Gasteiger partial charge in [-0.1, -0.05) is 36.4 Å². The van der Waals surface area contributed by atoms with E-state index in [-0.39, 0.29) is 5.75 Å². The number of thiazole rings is 1. The topological polar surface area (TPSA) is 106 Å². The van der Waals surface area contributed by atoms with Crippen LogP contribution >= 0.6 is 11.3 Å². The van der Waals surface area contributed by atoms with Gasteiger partial charge in [0, 0.05) is 47.1 Å². The molecule has 0 unspecified atom stereocenters. The Balaban J connectivity index is 1.23. The van der Waals surface area contributed by atoms with E-state index in [1.165, 1.54) is 6.26 Å². The number of sulfone groups is 1. The van der Waals surface area contributed by atoms with Crippen LogP contribution in [0.4, 0.5) is 11.5 Å². The molecule has 5 aromatic rings. The monoisotopic (exact) mass is 545 g/mol. The van der Waals surface area contributed by atoms with Gasteiger partial charge in [0.1, 0.15) is 39.3 Å². The lowest BCUT2D eigenvalue weighted by Gasteiger charge is -2.10. The molecule has 0 aliphatic heterocycles. The molecule has 2 aromatic heterocycles. The molecule has 0 spiro atoms. The minimum Gasteiger partial charge on any atom is -0.489 e. The first-order chi connectivity index (χ1) is 18.4. The molecule has 0 bridgehead atoms. The van der Waals surface area contributed by atoms with Gasteiger partial charge >= 0.3 is 0 Å². The highest BCUT2D eigenvalue weighted by Crippen LogP contribution is 2.30. The summed E-state index contributed by atoms with van der Waals surface area (Å²) < 4.78 is 28.4. The number of ether oxygens (including phenoxy) is 1. The van der Waals surface area contributed by atoms with Crippen LogP contribution in [0.25, 0.3) is 21.5 Å². The zero-order valence-electron chi connectivity index (χ0n) is 20.8. The van der Waals surface area contributed by atoms with Gasteiger partial charge in [0.25, 0.3) is 0 Å². The summed E-state index contributed by atoms with van der Waals surface area (Å²) in [6.07, 6.45) is 4.60. The molecule has 8 nitrogen and oxygen atoms in total. The summed E-state index contributed by atoms with van der Waals surface area (Å²) in [7, 11) is -2.97. The van der Waals surface area contributed by atoms with Crippen LogP contribution in [0.15, 0.2) is 85.3 Å². The van der Waals surface area contributed by atoms with Crippen molar-refractivity contribution in [2.24, 2.45) is 0 Å². The predicted octanol–water partition coefficient (Wildman–Crippen LogP) is 5.21. The second-order valence-electron chi connectivity index (χ2n) is 8.82. The molecule has 0 atom stereocenters. The molecule has 5 rings (SSSR count). The normalized spacial score (nSPS) is 11.5. The van der Waals surface area contributed by atoms with Crippen molar-refractivity contribution in [3.05, 3.63) is 95.8 Å². The molecule has 10 heteroatoms. The Morgan fingerprint density at radius 2 is 1.76 bits per heavy atom. The van der Waals surface area contributed by atoms with Gasteiger partial charge in [0.2, 0.25) is 0 Å². The Morgan fingerprint density at radius 1 is 0.947 bits per heavy atom. The maximum Gasteiger partial charge on any atom is 0.148 e. The Bertz CT molecular complexity index is 1620. The molecule has 0 saturated carbocycles. The Labute approximate surface area is 225 Å². The second kappa shape index (κ2) is 11.7. The number of fused-ring (bicyclic) bond motifs is 1. The van der Waals surface area contributed by atoms with Crippen molar-refractivity contribution in [1.29, 1.82) is 0 Å². The molecule has 38 heavy (non-hydrogen) atoms. The minimum absolute atomic E-state index is 0.117. The number of nitrogens with zero attached hydrogens (tertiary/aromatic N) is 3. The van der Waals surface area contributed by atoms with Gasteiger partial charge in [0.15, 0.2) is 0 Å². The fraction of sp³-hybridized carbons (Fsp3) is 0.179. The van der Waals surface area contributed by atoms with Crippen LogP contribution < -0.4 is 15.4 Å². The molecule has 194 valence electrons. The highest BCUT2D eigenvalue weighted by molar-refractivity contribution is 7.90. The van der Waals surface area contributed by atoms with Gasteiger partial charge in [-0.3, -0.25) is 0 Å². The van der Waals surface area contributed by atoms with E-state index in [9.17, 15) is 8.42 Å². The van der Waals surface area contributed by atoms with E-state index in [4.69, 9.17) is 4.74 Å². The van der Waals surface area contributed by atoms with Gasteiger partial charge in [-0.25, -0.2) is 23.4 Å². The van der Waals surface area contributed by atoms with Gasteiger partial charge in [0.05, 0.1) is 11.3 Å². The number of nitrogens with one attached hydrogen (secondary N) is 2. The SMILES string of the molecule is CS(=O)(=O)CCNCc1cnc(-c2ccc3c(Nc4ccc(OCc5ccccc5)cc4)ncnc3c2)s1. The van der Waals surface area contributed by atoms with E-state index in [2.05, 4.69) is 25.6 Å². The van der Waals surface area contributed by atoms with Crippen molar-refractivity contribution in [2.45, 2.75) is 13.2 Å². The summed E-state index contributed by atoms with van der Waals surface area (Å²) in [6.45, 7) is 1.51. The highest BCUT2D eigenvalue weighted by atomic mass is 32.2. The number of rotatable bonds is 11. The zero-order chi connectivity index (χ0) is 26.4. The molecule has 0 aliphatic rings. The summed E-state index contributed by atoms with van der Waals surface area (Å²) in [6, 6.07) is 23.9. The quantitative estimate of drug-likeness (QED) is 0.218. The van der Waals surface area contributed by atoms with Crippen LogP contribution in [0.5, 0.6) is 5.75 Å². The van der Waals surface area contributed by atoms with Crippen molar-refractivity contribution >= 4 is 43.6 Å². The van der Waals surface area contributed by atoms with Gasteiger partial charge in [-0.15, -0.1) is 11.3 Å². The van der Waals surface area contributed by atoms with Gasteiger partial charge < -0.3 is 15.4 Å². The molecule has 2 heterocycles. The van der Waals surface area contributed by atoms with E-state index in [1.807, 2.05) is 79.0 Å². The average Bonchev–Trinajstić information content (AvgIpc) is 3.40. The summed E-state index contributed by atoms with van der Waals surface area (Å²) in [5.41, 5.74) is 3.80. The lowest BCUT2D eigenvalue weighted by molar-refractivity contribution is 0.306. The summed E-state index contributed by atoms with van der Waals surface area (Å²) in [5.74, 6) is 1.63. The van der Waals surface area contributed by atoms with Crippen molar-refractivity contribution in [2.75, 3.05) is 23.9 Å². The molecule has 0 radical (unpaired) electrons. The molecule has 3 aromatic carbocycles. The largest absolute Gasteiger partial charge is 0.489 e. The average molecular weight is 546 g/mol. The molecule has 0 fully saturated rings. The van der Waals surface area contributed by atoms with Crippen molar-refractivity contribution in [1.82, 2.24) is 20.3 Å². The predicted molar refractivity (Wildman–Crippen MR) is 153 cm³/mol. The summed E-state index contributed by atoms with van der Waals surface area (Å²) in [5, 5.41) is 8.32. The van der Waals surface area contributed by atoms with E-state index in [0.717, 1.165) is 49.2 Å². The molecule has 2 N–H and O–H groups in total. The molecular weight excluding hydrogens is 518 g/mol. The smallest absolute Gasteiger partial charge is 0.148 e. The number of benzene rings is 3. The number of aromatic nitrogens is 3. The Hall–Kier alpha value is -3.86. The third kappa shape index (κ3) is 6.91. The number of hydrogen-bond acceptors (Lipinski definition) is 9. The fourth-order valence-electron chi connectivity index (χ4n) is 3.79. The third-order valence-corrected chi connectivity index (χ3v) is 7.74. The highest BCUT2D eigenvalue weighted by Gasteiger charge is 2.10. The third-order valence-electron chi connectivity index (χ3n) is 5.75. The number of anilines is 2. The van der Waals surface area contributed by atoms with E-state index < -0.39 is 9.84 Å².